The van der Waals surface area contributed by atoms with Gasteiger partial charge in [0.05, 0.1) is 4.90 Å². The molecule has 0 aliphatic carbocycles. The third-order valence-corrected chi connectivity index (χ3v) is 7.83. The Hall–Kier alpha value is -4.06. The van der Waals surface area contributed by atoms with Crippen LogP contribution in [0.3, 0.4) is 0 Å². The van der Waals surface area contributed by atoms with Crippen LogP contribution in [0.4, 0.5) is 0 Å². The molecule has 1 heterocycles. The van der Waals surface area contributed by atoms with Gasteiger partial charge in [-0.3, -0.25) is 0 Å². The molecule has 4 nitrogen and oxygen atoms in total. The van der Waals surface area contributed by atoms with Crippen molar-refractivity contribution in [2.24, 2.45) is 0 Å². The molecule has 0 spiro atoms. The van der Waals surface area contributed by atoms with Crippen LogP contribution in [-0.2, 0) is 14.6 Å². The zero-order chi connectivity index (χ0) is 23.3. The number of terminal acetylenes is 2. The molecule has 33 heavy (non-hydrogen) atoms. The van der Waals surface area contributed by atoms with E-state index in [-0.39, 0.29) is 23.6 Å². The van der Waals surface area contributed by atoms with Gasteiger partial charge in [-0.25, -0.2) is 13.4 Å². The summed E-state index contributed by atoms with van der Waals surface area (Å²) in [4.78, 5) is 4.83. The molecule has 4 rings (SSSR count). The van der Waals surface area contributed by atoms with E-state index in [9.17, 15) is 8.42 Å². The van der Waals surface area contributed by atoms with Crippen LogP contribution in [-0.4, -0.2) is 13.4 Å². The molecule has 4 aromatic rings. The van der Waals surface area contributed by atoms with Gasteiger partial charge in [-0.15, -0.1) is 24.7 Å². The van der Waals surface area contributed by atoms with E-state index in [4.69, 9.17) is 22.2 Å². The molecular weight excluding hydrogens is 430 g/mol. The van der Waals surface area contributed by atoms with Crippen molar-refractivity contribution in [3.8, 4) is 47.3 Å². The van der Waals surface area contributed by atoms with Crippen molar-refractivity contribution >= 4 is 9.84 Å². The van der Waals surface area contributed by atoms with Crippen LogP contribution >= 0.6 is 0 Å². The van der Waals surface area contributed by atoms with Crippen LogP contribution in [0.2, 0.25) is 0 Å². The Morgan fingerprint density at radius 2 is 1.24 bits per heavy atom. The fourth-order valence-electron chi connectivity index (χ4n) is 3.77. The van der Waals surface area contributed by atoms with E-state index in [1.54, 1.807) is 18.2 Å². The number of benzene rings is 3. The molecule has 0 N–H and O–H groups in total. The first-order valence-corrected chi connectivity index (χ1v) is 11.8. The van der Waals surface area contributed by atoms with Gasteiger partial charge in [-0.2, -0.15) is 0 Å². The maximum Gasteiger partial charge on any atom is 0.219 e. The summed E-state index contributed by atoms with van der Waals surface area (Å²) in [5.74, 6) is 5.45. The molecule has 162 valence electrons. The van der Waals surface area contributed by atoms with Crippen LogP contribution in [0.15, 0.2) is 100 Å². The van der Waals surface area contributed by atoms with Gasteiger partial charge in [0.1, 0.15) is 5.69 Å². The van der Waals surface area contributed by atoms with E-state index in [1.165, 1.54) is 12.1 Å². The third-order valence-electron chi connectivity index (χ3n) is 5.44. The highest BCUT2D eigenvalue weighted by Gasteiger charge is 2.50. The summed E-state index contributed by atoms with van der Waals surface area (Å²) in [7, 11) is -4.05. The standard InChI is InChI=1S/C28H21NO3S/c1-3-20-28(21-4-2,33(30,31)24-18-12-7-13-19-24)27-29-25(22-14-8-5-9-15-22)26(32-27)23-16-10-6-11-17-23/h1-2,5-19H,20-21H2. The van der Waals surface area contributed by atoms with Crippen LogP contribution in [0.1, 0.15) is 18.7 Å². The van der Waals surface area contributed by atoms with Gasteiger partial charge in [0.15, 0.2) is 20.3 Å². The van der Waals surface area contributed by atoms with Crippen molar-refractivity contribution in [1.29, 1.82) is 0 Å². The summed E-state index contributed by atoms with van der Waals surface area (Å²) in [6.45, 7) is 0. The molecule has 0 radical (unpaired) electrons. The minimum Gasteiger partial charge on any atom is -0.438 e. The zero-order valence-corrected chi connectivity index (χ0v) is 18.6. The molecule has 0 unspecified atom stereocenters. The number of oxazole rings is 1. The molecule has 0 aliphatic rings. The average Bonchev–Trinajstić information content (AvgIpc) is 3.31. The van der Waals surface area contributed by atoms with E-state index < -0.39 is 14.6 Å². The molecule has 3 aromatic carbocycles. The number of aromatic nitrogens is 1. The third kappa shape index (κ3) is 3.96. The number of hydrogen-bond donors (Lipinski definition) is 0. The lowest BCUT2D eigenvalue weighted by Gasteiger charge is -2.27. The Kier molecular flexibility index (Phi) is 6.18. The van der Waals surface area contributed by atoms with Gasteiger partial charge >= 0.3 is 0 Å². The second kappa shape index (κ2) is 9.20. The predicted octanol–water partition coefficient (Wildman–Crippen LogP) is 5.72. The Balaban J connectivity index is 2.02. The van der Waals surface area contributed by atoms with E-state index in [2.05, 4.69) is 11.8 Å². The summed E-state index contributed by atoms with van der Waals surface area (Å²) < 4.78 is 32.4. The van der Waals surface area contributed by atoms with Crippen LogP contribution in [0.5, 0.6) is 0 Å². The van der Waals surface area contributed by atoms with Gasteiger partial charge in [0.2, 0.25) is 5.89 Å². The maximum absolute atomic E-state index is 13.9. The first-order valence-electron chi connectivity index (χ1n) is 10.3. The lowest BCUT2D eigenvalue weighted by molar-refractivity contribution is 0.411. The summed E-state index contributed by atoms with van der Waals surface area (Å²) in [5, 5.41) is 0. The highest BCUT2D eigenvalue weighted by atomic mass is 32.2. The zero-order valence-electron chi connectivity index (χ0n) is 17.8. The van der Waals surface area contributed by atoms with Gasteiger partial charge in [-0.1, -0.05) is 78.9 Å². The van der Waals surface area contributed by atoms with Crippen molar-refractivity contribution in [1.82, 2.24) is 4.98 Å². The highest BCUT2D eigenvalue weighted by Crippen LogP contribution is 2.44. The van der Waals surface area contributed by atoms with Gasteiger partial charge in [-0.05, 0) is 12.1 Å². The Morgan fingerprint density at radius 3 is 1.76 bits per heavy atom. The first-order chi connectivity index (χ1) is 16.0. The quantitative estimate of drug-likeness (QED) is 0.337. The molecule has 0 atom stereocenters. The molecule has 0 fully saturated rings. The second-order valence-electron chi connectivity index (χ2n) is 7.50. The van der Waals surface area contributed by atoms with E-state index >= 15 is 0 Å². The van der Waals surface area contributed by atoms with Crippen molar-refractivity contribution < 1.29 is 12.8 Å². The number of nitrogens with zero attached hydrogens (tertiary/aromatic N) is 1. The molecular formula is C28H21NO3S. The monoisotopic (exact) mass is 451 g/mol. The summed E-state index contributed by atoms with van der Waals surface area (Å²) >= 11 is 0. The topological polar surface area (TPSA) is 60.2 Å². The van der Waals surface area contributed by atoms with Gasteiger partial charge in [0, 0.05) is 24.0 Å². The molecule has 0 aliphatic heterocycles. The van der Waals surface area contributed by atoms with Crippen molar-refractivity contribution in [2.75, 3.05) is 0 Å². The Bertz CT molecular complexity index is 1350. The maximum atomic E-state index is 13.9. The van der Waals surface area contributed by atoms with Crippen LogP contribution in [0.25, 0.3) is 22.6 Å². The van der Waals surface area contributed by atoms with Crippen LogP contribution < -0.4 is 0 Å². The fraction of sp³-hybridized carbons (Fsp3) is 0.107. The Labute approximate surface area is 194 Å². The normalized spacial score (nSPS) is 11.5. The molecule has 0 amide bonds. The first kappa shape index (κ1) is 22.1. The van der Waals surface area contributed by atoms with E-state index in [1.807, 2.05) is 60.7 Å². The van der Waals surface area contributed by atoms with Gasteiger partial charge in [0.25, 0.3) is 0 Å². The van der Waals surface area contributed by atoms with Crippen molar-refractivity contribution in [2.45, 2.75) is 22.5 Å². The molecule has 1 aromatic heterocycles. The largest absolute Gasteiger partial charge is 0.438 e. The molecule has 0 saturated heterocycles. The molecule has 0 bridgehead atoms. The lowest BCUT2D eigenvalue weighted by atomic mass is 10.0. The fourth-order valence-corrected chi connectivity index (χ4v) is 5.60. The predicted molar refractivity (Wildman–Crippen MR) is 130 cm³/mol. The van der Waals surface area contributed by atoms with Gasteiger partial charge < -0.3 is 4.42 Å². The summed E-state index contributed by atoms with van der Waals surface area (Å²) in [6.07, 6.45) is 11.0. The van der Waals surface area contributed by atoms with Crippen molar-refractivity contribution in [3.05, 3.63) is 96.9 Å². The average molecular weight is 452 g/mol. The number of hydrogen-bond acceptors (Lipinski definition) is 4. The SMILES string of the molecule is C#CCC(CC#C)(c1nc(-c2ccccc2)c(-c2ccccc2)o1)S(=O)(=O)c1ccccc1. The van der Waals surface area contributed by atoms with Crippen LogP contribution in [0, 0.1) is 24.7 Å². The second-order valence-corrected chi connectivity index (χ2v) is 9.76. The van der Waals surface area contributed by atoms with E-state index in [0.717, 1.165) is 11.1 Å². The van der Waals surface area contributed by atoms with E-state index in [0.29, 0.717) is 11.5 Å². The number of rotatable bonds is 7. The summed E-state index contributed by atoms with van der Waals surface area (Å²) in [5.41, 5.74) is 2.08. The minimum atomic E-state index is -4.05. The molecule has 0 saturated carbocycles. The summed E-state index contributed by atoms with van der Waals surface area (Å²) in [6, 6.07) is 27.0. The number of sulfone groups is 1. The minimum absolute atomic E-state index is 0.0139. The lowest BCUT2D eigenvalue weighted by Crippen LogP contribution is -2.36. The Morgan fingerprint density at radius 1 is 0.758 bits per heavy atom. The van der Waals surface area contributed by atoms with Crippen molar-refractivity contribution in [3.63, 3.8) is 0 Å². The smallest absolute Gasteiger partial charge is 0.219 e. The molecule has 5 heteroatoms. The highest BCUT2D eigenvalue weighted by molar-refractivity contribution is 7.92.